The van der Waals surface area contributed by atoms with E-state index in [9.17, 15) is 0 Å². The average molecular weight is 408 g/mol. The van der Waals surface area contributed by atoms with Crippen LogP contribution in [0.25, 0.3) is 0 Å². The fourth-order valence-electron chi connectivity index (χ4n) is 4.11. The monoisotopic (exact) mass is 407 g/mol. The number of aliphatic imine (C=N–C) groups is 1. The maximum Gasteiger partial charge on any atom is 0.194 e. The van der Waals surface area contributed by atoms with E-state index in [-0.39, 0.29) is 0 Å². The van der Waals surface area contributed by atoms with Gasteiger partial charge in [0, 0.05) is 77.8 Å². The molecule has 1 aromatic heterocycles. The van der Waals surface area contributed by atoms with Gasteiger partial charge in [-0.15, -0.1) is 0 Å². The standard InChI is InChI=1S/C23H33N7/c1-24-23(30-16-14-28(15-17-30)21-6-4-3-5-7-21)26-19-20-8-9-25-22(18-20)29-12-10-27(2)11-13-29/h3-9,18H,10-17,19H2,1-2H3,(H,24,26). The van der Waals surface area contributed by atoms with Crippen molar-refractivity contribution in [2.45, 2.75) is 6.54 Å². The van der Waals surface area contributed by atoms with Gasteiger partial charge in [-0.1, -0.05) is 18.2 Å². The maximum absolute atomic E-state index is 4.60. The van der Waals surface area contributed by atoms with E-state index in [1.165, 1.54) is 11.3 Å². The first-order valence-corrected chi connectivity index (χ1v) is 10.9. The van der Waals surface area contributed by atoms with E-state index in [2.05, 4.69) is 84.4 Å². The van der Waals surface area contributed by atoms with Gasteiger partial charge < -0.3 is 24.9 Å². The first-order chi connectivity index (χ1) is 14.7. The van der Waals surface area contributed by atoms with Crippen molar-refractivity contribution in [3.05, 3.63) is 54.2 Å². The Labute approximate surface area is 180 Å². The van der Waals surface area contributed by atoms with Crippen LogP contribution in [0.2, 0.25) is 0 Å². The molecule has 0 unspecified atom stereocenters. The van der Waals surface area contributed by atoms with Crippen molar-refractivity contribution in [1.82, 2.24) is 20.1 Å². The molecule has 2 saturated heterocycles. The van der Waals surface area contributed by atoms with Crippen LogP contribution in [0.3, 0.4) is 0 Å². The molecule has 7 nitrogen and oxygen atoms in total. The molecule has 160 valence electrons. The van der Waals surface area contributed by atoms with Crippen LogP contribution in [0, 0.1) is 0 Å². The first-order valence-electron chi connectivity index (χ1n) is 10.9. The lowest BCUT2D eigenvalue weighted by Gasteiger charge is -2.37. The van der Waals surface area contributed by atoms with E-state index in [1.54, 1.807) is 0 Å². The zero-order valence-electron chi connectivity index (χ0n) is 18.2. The third-order valence-electron chi connectivity index (χ3n) is 6.00. The van der Waals surface area contributed by atoms with Gasteiger partial charge in [0.15, 0.2) is 5.96 Å². The number of benzene rings is 1. The predicted molar refractivity (Wildman–Crippen MR) is 124 cm³/mol. The van der Waals surface area contributed by atoms with Crippen LogP contribution < -0.4 is 15.1 Å². The number of para-hydroxylation sites is 1. The highest BCUT2D eigenvalue weighted by Crippen LogP contribution is 2.17. The second-order valence-electron chi connectivity index (χ2n) is 8.02. The summed E-state index contributed by atoms with van der Waals surface area (Å²) in [6, 6.07) is 14.9. The molecular formula is C23H33N7. The number of pyridine rings is 1. The number of hydrogen-bond donors (Lipinski definition) is 1. The minimum Gasteiger partial charge on any atom is -0.368 e. The molecule has 7 heteroatoms. The van der Waals surface area contributed by atoms with Gasteiger partial charge in [-0.3, -0.25) is 4.99 Å². The highest BCUT2D eigenvalue weighted by atomic mass is 15.3. The Morgan fingerprint density at radius 3 is 2.33 bits per heavy atom. The molecule has 2 aromatic rings. The molecule has 0 aliphatic carbocycles. The molecule has 2 fully saturated rings. The van der Waals surface area contributed by atoms with E-state index in [1.807, 2.05) is 13.2 Å². The van der Waals surface area contributed by atoms with Crippen LogP contribution in [0.5, 0.6) is 0 Å². The van der Waals surface area contributed by atoms with Crippen LogP contribution in [0.4, 0.5) is 11.5 Å². The summed E-state index contributed by atoms with van der Waals surface area (Å²) in [5.41, 5.74) is 2.54. The Kier molecular flexibility index (Phi) is 6.69. The van der Waals surface area contributed by atoms with Crippen LogP contribution in [-0.4, -0.2) is 87.2 Å². The highest BCUT2D eigenvalue weighted by Gasteiger charge is 2.20. The lowest BCUT2D eigenvalue weighted by atomic mass is 10.2. The quantitative estimate of drug-likeness (QED) is 0.615. The molecule has 2 aliphatic rings. The molecule has 3 heterocycles. The molecule has 1 N–H and O–H groups in total. The molecule has 0 bridgehead atoms. The number of hydrogen-bond acceptors (Lipinski definition) is 5. The number of anilines is 2. The van der Waals surface area contributed by atoms with Gasteiger partial charge in [0.05, 0.1) is 0 Å². The summed E-state index contributed by atoms with van der Waals surface area (Å²) < 4.78 is 0. The van der Waals surface area contributed by atoms with E-state index in [0.29, 0.717) is 0 Å². The van der Waals surface area contributed by atoms with Gasteiger partial charge in [0.1, 0.15) is 5.82 Å². The van der Waals surface area contributed by atoms with Gasteiger partial charge in [0.2, 0.25) is 0 Å². The third-order valence-corrected chi connectivity index (χ3v) is 6.00. The summed E-state index contributed by atoms with van der Waals surface area (Å²) >= 11 is 0. The fourth-order valence-corrected chi connectivity index (χ4v) is 4.11. The van der Waals surface area contributed by atoms with Gasteiger partial charge in [-0.25, -0.2) is 4.98 Å². The average Bonchev–Trinajstić information content (AvgIpc) is 2.81. The molecule has 30 heavy (non-hydrogen) atoms. The molecule has 4 rings (SSSR count). The van der Waals surface area contributed by atoms with Crippen molar-refractivity contribution in [3.63, 3.8) is 0 Å². The summed E-state index contributed by atoms with van der Waals surface area (Å²) in [4.78, 5) is 18.7. The normalized spacial score (nSPS) is 18.6. The Hall–Kier alpha value is -2.80. The number of nitrogens with one attached hydrogen (secondary N) is 1. The van der Waals surface area contributed by atoms with E-state index in [0.717, 1.165) is 70.7 Å². The van der Waals surface area contributed by atoms with E-state index < -0.39 is 0 Å². The largest absolute Gasteiger partial charge is 0.368 e. The Morgan fingerprint density at radius 2 is 1.63 bits per heavy atom. The van der Waals surface area contributed by atoms with Crippen LogP contribution in [0.1, 0.15) is 5.56 Å². The van der Waals surface area contributed by atoms with Crippen molar-refractivity contribution < 1.29 is 0 Å². The zero-order chi connectivity index (χ0) is 20.8. The lowest BCUT2D eigenvalue weighted by Crippen LogP contribution is -2.52. The van der Waals surface area contributed by atoms with Crippen molar-refractivity contribution in [1.29, 1.82) is 0 Å². The third kappa shape index (κ3) is 5.02. The number of likely N-dealkylation sites (N-methyl/N-ethyl adjacent to an activating group) is 1. The predicted octanol–water partition coefficient (Wildman–Crippen LogP) is 1.73. The molecule has 0 saturated carbocycles. The van der Waals surface area contributed by atoms with Gasteiger partial charge in [-0.05, 0) is 36.9 Å². The Balaban J connectivity index is 1.30. The highest BCUT2D eigenvalue weighted by molar-refractivity contribution is 5.80. The van der Waals surface area contributed by atoms with Crippen molar-refractivity contribution in [2.24, 2.45) is 4.99 Å². The van der Waals surface area contributed by atoms with Gasteiger partial charge in [0.25, 0.3) is 0 Å². The van der Waals surface area contributed by atoms with Crippen molar-refractivity contribution >= 4 is 17.5 Å². The smallest absolute Gasteiger partial charge is 0.194 e. The summed E-state index contributed by atoms with van der Waals surface area (Å²) in [5.74, 6) is 2.05. The molecule has 0 amide bonds. The summed E-state index contributed by atoms with van der Waals surface area (Å²) in [6.45, 7) is 8.96. The summed E-state index contributed by atoms with van der Waals surface area (Å²) in [7, 11) is 4.05. The number of piperazine rings is 2. The number of nitrogens with zero attached hydrogens (tertiary/aromatic N) is 6. The van der Waals surface area contributed by atoms with Crippen molar-refractivity contribution in [3.8, 4) is 0 Å². The van der Waals surface area contributed by atoms with E-state index in [4.69, 9.17) is 0 Å². The van der Waals surface area contributed by atoms with Gasteiger partial charge >= 0.3 is 0 Å². The second-order valence-corrected chi connectivity index (χ2v) is 8.02. The summed E-state index contributed by atoms with van der Waals surface area (Å²) in [6.07, 6.45) is 1.92. The Morgan fingerprint density at radius 1 is 0.933 bits per heavy atom. The number of aromatic nitrogens is 1. The Bertz CT molecular complexity index is 822. The fraction of sp³-hybridized carbons (Fsp3) is 0.478. The molecular weight excluding hydrogens is 374 g/mol. The number of rotatable bonds is 4. The van der Waals surface area contributed by atoms with Gasteiger partial charge in [-0.2, -0.15) is 0 Å². The minimum absolute atomic E-state index is 0.759. The zero-order valence-corrected chi connectivity index (χ0v) is 18.2. The molecule has 1 aromatic carbocycles. The van der Waals surface area contributed by atoms with Crippen LogP contribution >= 0.6 is 0 Å². The number of guanidine groups is 1. The lowest BCUT2D eigenvalue weighted by molar-refractivity contribution is 0.312. The molecule has 2 aliphatic heterocycles. The van der Waals surface area contributed by atoms with Crippen molar-refractivity contribution in [2.75, 3.05) is 76.3 Å². The topological polar surface area (TPSA) is 50.2 Å². The summed E-state index contributed by atoms with van der Waals surface area (Å²) in [5, 5.41) is 3.55. The molecule has 0 atom stereocenters. The molecule has 0 spiro atoms. The second kappa shape index (κ2) is 9.80. The minimum atomic E-state index is 0.759. The maximum atomic E-state index is 4.60. The van der Waals surface area contributed by atoms with E-state index >= 15 is 0 Å². The molecule has 0 radical (unpaired) electrons. The van der Waals surface area contributed by atoms with Crippen LogP contribution in [0.15, 0.2) is 53.7 Å². The van der Waals surface area contributed by atoms with Crippen LogP contribution in [-0.2, 0) is 6.54 Å². The first kappa shape index (κ1) is 20.5. The SMILES string of the molecule is CN=C(NCc1ccnc(N2CCN(C)CC2)c1)N1CCN(c2ccccc2)CC1.